The predicted molar refractivity (Wildman–Crippen MR) is 96.1 cm³/mol. The number of hydrazine groups is 1. The van der Waals surface area contributed by atoms with Crippen LogP contribution in [0.15, 0.2) is 53.0 Å². The number of benzene rings is 2. The van der Waals surface area contributed by atoms with Crippen LogP contribution >= 0.6 is 15.9 Å². The Labute approximate surface area is 153 Å². The minimum absolute atomic E-state index is 0.232. The second kappa shape index (κ2) is 8.98. The van der Waals surface area contributed by atoms with Crippen LogP contribution in [0.2, 0.25) is 0 Å². The van der Waals surface area contributed by atoms with Crippen molar-refractivity contribution in [1.29, 1.82) is 0 Å². The minimum Gasteiger partial charge on any atom is -0.483 e. The van der Waals surface area contributed by atoms with E-state index in [9.17, 15) is 14.0 Å². The molecule has 5 nitrogen and oxygen atoms in total. The van der Waals surface area contributed by atoms with E-state index >= 15 is 0 Å². The highest BCUT2D eigenvalue weighted by atomic mass is 79.9. The molecule has 130 valence electrons. The van der Waals surface area contributed by atoms with Gasteiger partial charge in [0.25, 0.3) is 11.8 Å². The lowest BCUT2D eigenvalue weighted by Crippen LogP contribution is -2.43. The third kappa shape index (κ3) is 6.39. The van der Waals surface area contributed by atoms with Crippen LogP contribution in [0.5, 0.6) is 5.75 Å². The van der Waals surface area contributed by atoms with E-state index < -0.39 is 11.8 Å². The fourth-order valence-electron chi connectivity index (χ4n) is 1.87. The molecule has 0 aliphatic heterocycles. The molecule has 0 aliphatic carbocycles. The van der Waals surface area contributed by atoms with Crippen LogP contribution in [0.1, 0.15) is 11.1 Å². The molecule has 0 bridgehead atoms. The number of halogens is 2. The van der Waals surface area contributed by atoms with Crippen molar-refractivity contribution in [1.82, 2.24) is 10.9 Å². The predicted octanol–water partition coefficient (Wildman–Crippen LogP) is 3.14. The summed E-state index contributed by atoms with van der Waals surface area (Å²) in [4.78, 5) is 23.3. The highest BCUT2D eigenvalue weighted by Gasteiger charge is 2.06. The third-order valence-electron chi connectivity index (χ3n) is 3.12. The highest BCUT2D eigenvalue weighted by molar-refractivity contribution is 9.10. The molecule has 2 rings (SSSR count). The van der Waals surface area contributed by atoms with E-state index in [2.05, 4.69) is 26.8 Å². The lowest BCUT2D eigenvalue weighted by atomic mass is 10.2. The van der Waals surface area contributed by atoms with E-state index in [1.165, 1.54) is 36.4 Å². The largest absolute Gasteiger partial charge is 0.483 e. The average Bonchev–Trinajstić information content (AvgIpc) is 2.58. The third-order valence-corrected chi connectivity index (χ3v) is 3.61. The Morgan fingerprint density at radius 3 is 2.56 bits per heavy atom. The molecular weight excluding hydrogens is 391 g/mol. The summed E-state index contributed by atoms with van der Waals surface area (Å²) in [6, 6.07) is 11.1. The Kier molecular flexibility index (Phi) is 6.71. The molecule has 0 aromatic heterocycles. The van der Waals surface area contributed by atoms with E-state index in [4.69, 9.17) is 4.74 Å². The maximum atomic E-state index is 12.8. The van der Waals surface area contributed by atoms with Crippen LogP contribution < -0.4 is 15.6 Å². The van der Waals surface area contributed by atoms with Gasteiger partial charge in [0.05, 0.1) is 0 Å². The standard InChI is InChI=1S/C18H16BrFN2O3/c1-12-10-14(19)5-8-16(12)25-11-18(24)22-21-17(23)9-4-13-2-6-15(20)7-3-13/h2-10H,11H2,1H3,(H,21,23)(H,22,24). The molecule has 2 aromatic rings. The van der Waals surface area contributed by atoms with Crippen LogP contribution in [-0.2, 0) is 9.59 Å². The van der Waals surface area contributed by atoms with Gasteiger partial charge in [0.2, 0.25) is 0 Å². The summed E-state index contributed by atoms with van der Waals surface area (Å²) in [5.41, 5.74) is 6.03. The zero-order valence-corrected chi connectivity index (χ0v) is 15.0. The van der Waals surface area contributed by atoms with Crippen molar-refractivity contribution < 1.29 is 18.7 Å². The summed E-state index contributed by atoms with van der Waals surface area (Å²) in [5.74, 6) is -0.779. The van der Waals surface area contributed by atoms with Crippen molar-refractivity contribution in [2.75, 3.05) is 6.61 Å². The fourth-order valence-corrected chi connectivity index (χ4v) is 2.35. The van der Waals surface area contributed by atoms with Crippen LogP contribution in [-0.4, -0.2) is 18.4 Å². The number of hydrogen-bond donors (Lipinski definition) is 2. The van der Waals surface area contributed by atoms with Crippen molar-refractivity contribution >= 4 is 33.8 Å². The van der Waals surface area contributed by atoms with Crippen molar-refractivity contribution in [2.45, 2.75) is 6.92 Å². The number of rotatable bonds is 5. The molecule has 0 spiro atoms. The van der Waals surface area contributed by atoms with Crippen molar-refractivity contribution in [2.24, 2.45) is 0 Å². The monoisotopic (exact) mass is 406 g/mol. The second-order valence-electron chi connectivity index (χ2n) is 5.12. The van der Waals surface area contributed by atoms with Crippen LogP contribution in [0, 0.1) is 12.7 Å². The van der Waals surface area contributed by atoms with E-state index in [1.54, 1.807) is 6.07 Å². The zero-order valence-electron chi connectivity index (χ0n) is 13.4. The Morgan fingerprint density at radius 1 is 1.16 bits per heavy atom. The lowest BCUT2D eigenvalue weighted by molar-refractivity contribution is -0.128. The maximum Gasteiger partial charge on any atom is 0.276 e. The molecule has 0 heterocycles. The van der Waals surface area contributed by atoms with E-state index in [1.807, 2.05) is 19.1 Å². The first-order chi connectivity index (χ1) is 11.9. The molecule has 0 saturated heterocycles. The maximum absolute atomic E-state index is 12.8. The quantitative estimate of drug-likeness (QED) is 0.591. The van der Waals surface area contributed by atoms with Gasteiger partial charge in [-0.15, -0.1) is 0 Å². The molecule has 2 amide bonds. The van der Waals surface area contributed by atoms with Crippen LogP contribution in [0.4, 0.5) is 4.39 Å². The van der Waals surface area contributed by atoms with Gasteiger partial charge >= 0.3 is 0 Å². The molecule has 0 unspecified atom stereocenters. The normalized spacial score (nSPS) is 10.5. The number of carbonyl (C=O) groups excluding carboxylic acids is 2. The number of carbonyl (C=O) groups is 2. The smallest absolute Gasteiger partial charge is 0.276 e. The minimum atomic E-state index is -0.516. The fraction of sp³-hybridized carbons (Fsp3) is 0.111. The lowest BCUT2D eigenvalue weighted by Gasteiger charge is -2.09. The topological polar surface area (TPSA) is 67.4 Å². The number of nitrogens with one attached hydrogen (secondary N) is 2. The number of amides is 2. The van der Waals surface area contributed by atoms with E-state index in [-0.39, 0.29) is 12.4 Å². The number of aryl methyl sites for hydroxylation is 1. The molecule has 2 N–H and O–H groups in total. The van der Waals surface area contributed by atoms with Gasteiger partial charge in [-0.05, 0) is 54.5 Å². The number of hydrogen-bond acceptors (Lipinski definition) is 3. The SMILES string of the molecule is Cc1cc(Br)ccc1OCC(=O)NNC(=O)C=Cc1ccc(F)cc1. The first-order valence-electron chi connectivity index (χ1n) is 7.35. The Hall–Kier alpha value is -2.67. The summed E-state index contributed by atoms with van der Waals surface area (Å²) in [5, 5.41) is 0. The number of ether oxygens (including phenoxy) is 1. The summed E-state index contributed by atoms with van der Waals surface area (Å²) in [6.07, 6.45) is 2.73. The van der Waals surface area contributed by atoms with Crippen molar-refractivity contribution in [3.05, 3.63) is 70.0 Å². The van der Waals surface area contributed by atoms with Gasteiger partial charge in [-0.1, -0.05) is 28.1 Å². The molecular formula is C18H16BrFN2O3. The Bertz CT molecular complexity index is 791. The first-order valence-corrected chi connectivity index (χ1v) is 8.15. The molecule has 2 aromatic carbocycles. The zero-order chi connectivity index (χ0) is 18.2. The summed E-state index contributed by atoms with van der Waals surface area (Å²) < 4.78 is 19.1. The van der Waals surface area contributed by atoms with Gasteiger partial charge < -0.3 is 4.74 Å². The van der Waals surface area contributed by atoms with Crippen molar-refractivity contribution in [3.8, 4) is 5.75 Å². The van der Waals surface area contributed by atoms with Gasteiger partial charge in [0.1, 0.15) is 11.6 Å². The summed E-state index contributed by atoms with van der Waals surface area (Å²) in [6.45, 7) is 1.63. The summed E-state index contributed by atoms with van der Waals surface area (Å²) in [7, 11) is 0. The molecule has 0 aliphatic rings. The second-order valence-corrected chi connectivity index (χ2v) is 6.04. The van der Waals surface area contributed by atoms with Gasteiger partial charge in [-0.3, -0.25) is 20.4 Å². The molecule has 0 fully saturated rings. The summed E-state index contributed by atoms with van der Waals surface area (Å²) >= 11 is 3.34. The van der Waals surface area contributed by atoms with Gasteiger partial charge in [-0.2, -0.15) is 0 Å². The molecule has 0 atom stereocenters. The average molecular weight is 407 g/mol. The van der Waals surface area contributed by atoms with Gasteiger partial charge in [0, 0.05) is 10.5 Å². The highest BCUT2D eigenvalue weighted by Crippen LogP contribution is 2.21. The van der Waals surface area contributed by atoms with Gasteiger partial charge in [-0.25, -0.2) is 4.39 Å². The Balaban J connectivity index is 1.75. The van der Waals surface area contributed by atoms with Crippen LogP contribution in [0.3, 0.4) is 0 Å². The molecule has 7 heteroatoms. The molecule has 25 heavy (non-hydrogen) atoms. The van der Waals surface area contributed by atoms with Crippen molar-refractivity contribution in [3.63, 3.8) is 0 Å². The van der Waals surface area contributed by atoms with E-state index in [0.717, 1.165) is 10.0 Å². The van der Waals surface area contributed by atoms with Crippen LogP contribution in [0.25, 0.3) is 6.08 Å². The first kappa shape index (κ1) is 18.7. The molecule has 0 radical (unpaired) electrons. The van der Waals surface area contributed by atoms with Gasteiger partial charge in [0.15, 0.2) is 6.61 Å². The van der Waals surface area contributed by atoms with E-state index in [0.29, 0.717) is 11.3 Å². The Morgan fingerprint density at radius 2 is 1.88 bits per heavy atom. The molecule has 0 saturated carbocycles.